The second-order valence-corrected chi connectivity index (χ2v) is 5.75. The molecule has 0 radical (unpaired) electrons. The van der Waals surface area contributed by atoms with Crippen molar-refractivity contribution in [2.24, 2.45) is 0 Å². The summed E-state index contributed by atoms with van der Waals surface area (Å²) in [5.74, 6) is 1.50. The number of aliphatic hydroxyl groups is 1. The van der Waals surface area contributed by atoms with Crippen molar-refractivity contribution in [3.8, 4) is 11.5 Å². The number of hydrogen-bond acceptors (Lipinski definition) is 4. The predicted molar refractivity (Wildman–Crippen MR) is 92.4 cm³/mol. The first-order valence-corrected chi connectivity index (χ1v) is 7.81. The number of nitrogens with one attached hydrogen (secondary N) is 1. The van der Waals surface area contributed by atoms with E-state index in [9.17, 15) is 5.11 Å². The van der Waals surface area contributed by atoms with Crippen LogP contribution in [0.1, 0.15) is 30.2 Å². The Morgan fingerprint density at radius 3 is 2.61 bits per heavy atom. The van der Waals surface area contributed by atoms with Crippen LogP contribution in [0.15, 0.2) is 42.5 Å². The fourth-order valence-corrected chi connectivity index (χ4v) is 2.59. The lowest BCUT2D eigenvalue weighted by molar-refractivity contribution is 0.170. The molecular weight excluding hydrogens is 314 g/mol. The SMILES string of the molecule is COc1cccc(C(O)CNC(C)c2cc(Cl)ccc2OC)c1. The lowest BCUT2D eigenvalue weighted by Crippen LogP contribution is -2.25. The Kier molecular flexibility index (Phi) is 6.28. The van der Waals surface area contributed by atoms with Crippen LogP contribution in [0.25, 0.3) is 0 Å². The molecule has 0 spiro atoms. The van der Waals surface area contributed by atoms with Crippen LogP contribution in [0.3, 0.4) is 0 Å². The van der Waals surface area contributed by atoms with E-state index in [1.807, 2.05) is 43.3 Å². The molecule has 0 fully saturated rings. The summed E-state index contributed by atoms with van der Waals surface area (Å²) >= 11 is 6.06. The summed E-state index contributed by atoms with van der Waals surface area (Å²) < 4.78 is 10.5. The number of aliphatic hydroxyl groups excluding tert-OH is 1. The molecule has 0 amide bonds. The number of ether oxygens (including phenoxy) is 2. The average molecular weight is 336 g/mol. The van der Waals surface area contributed by atoms with E-state index in [1.165, 1.54) is 0 Å². The largest absolute Gasteiger partial charge is 0.497 e. The molecule has 2 rings (SSSR count). The lowest BCUT2D eigenvalue weighted by Gasteiger charge is -2.20. The monoisotopic (exact) mass is 335 g/mol. The van der Waals surface area contributed by atoms with E-state index in [4.69, 9.17) is 21.1 Å². The molecule has 0 aromatic heterocycles. The number of benzene rings is 2. The molecule has 2 N–H and O–H groups in total. The maximum atomic E-state index is 10.3. The summed E-state index contributed by atoms with van der Waals surface area (Å²) in [6.45, 7) is 2.41. The van der Waals surface area contributed by atoms with Gasteiger partial charge in [-0.3, -0.25) is 0 Å². The Labute approximate surface area is 142 Å². The summed E-state index contributed by atoms with van der Waals surface area (Å²) in [6, 6.07) is 12.9. The van der Waals surface area contributed by atoms with Gasteiger partial charge < -0.3 is 19.9 Å². The van der Waals surface area contributed by atoms with Gasteiger partial charge in [0, 0.05) is 23.2 Å². The van der Waals surface area contributed by atoms with E-state index in [0.717, 1.165) is 22.6 Å². The van der Waals surface area contributed by atoms with Crippen molar-refractivity contribution in [1.82, 2.24) is 5.32 Å². The minimum Gasteiger partial charge on any atom is -0.497 e. The summed E-state index contributed by atoms with van der Waals surface area (Å²) in [5.41, 5.74) is 1.76. The lowest BCUT2D eigenvalue weighted by atomic mass is 10.1. The highest BCUT2D eigenvalue weighted by Crippen LogP contribution is 2.28. The second kappa shape index (κ2) is 8.20. The second-order valence-electron chi connectivity index (χ2n) is 5.31. The third kappa shape index (κ3) is 4.61. The molecule has 2 aromatic carbocycles. The zero-order valence-corrected chi connectivity index (χ0v) is 14.3. The quantitative estimate of drug-likeness (QED) is 0.809. The van der Waals surface area contributed by atoms with Crippen LogP contribution in [0.2, 0.25) is 5.02 Å². The van der Waals surface area contributed by atoms with E-state index in [0.29, 0.717) is 11.6 Å². The van der Waals surface area contributed by atoms with Gasteiger partial charge in [-0.25, -0.2) is 0 Å². The Hall–Kier alpha value is -1.75. The van der Waals surface area contributed by atoms with E-state index in [-0.39, 0.29) is 6.04 Å². The summed E-state index contributed by atoms with van der Waals surface area (Å²) in [5, 5.41) is 14.3. The maximum Gasteiger partial charge on any atom is 0.123 e. The first-order valence-electron chi connectivity index (χ1n) is 7.44. The molecule has 2 aromatic rings. The molecule has 0 aliphatic carbocycles. The molecule has 124 valence electrons. The van der Waals surface area contributed by atoms with Gasteiger partial charge in [-0.2, -0.15) is 0 Å². The zero-order chi connectivity index (χ0) is 16.8. The topological polar surface area (TPSA) is 50.7 Å². The maximum absolute atomic E-state index is 10.3. The van der Waals surface area contributed by atoms with Gasteiger partial charge >= 0.3 is 0 Å². The Balaban J connectivity index is 2.03. The van der Waals surface area contributed by atoms with Crippen LogP contribution in [-0.2, 0) is 0 Å². The Morgan fingerprint density at radius 2 is 1.91 bits per heavy atom. The molecule has 0 aliphatic rings. The van der Waals surface area contributed by atoms with Gasteiger partial charge in [0.05, 0.1) is 20.3 Å². The van der Waals surface area contributed by atoms with Gasteiger partial charge in [-0.1, -0.05) is 23.7 Å². The van der Waals surface area contributed by atoms with Crippen molar-refractivity contribution in [3.05, 3.63) is 58.6 Å². The van der Waals surface area contributed by atoms with Crippen LogP contribution in [0.5, 0.6) is 11.5 Å². The normalized spacial score (nSPS) is 13.4. The highest BCUT2D eigenvalue weighted by atomic mass is 35.5. The van der Waals surface area contributed by atoms with E-state index in [1.54, 1.807) is 20.3 Å². The van der Waals surface area contributed by atoms with Crippen molar-refractivity contribution < 1.29 is 14.6 Å². The number of hydrogen-bond donors (Lipinski definition) is 2. The van der Waals surface area contributed by atoms with E-state index in [2.05, 4.69) is 5.32 Å². The fraction of sp³-hybridized carbons (Fsp3) is 0.333. The molecule has 0 aliphatic heterocycles. The van der Waals surface area contributed by atoms with Crippen molar-refractivity contribution in [2.75, 3.05) is 20.8 Å². The zero-order valence-electron chi connectivity index (χ0n) is 13.5. The Bertz CT molecular complexity index is 648. The molecule has 2 atom stereocenters. The molecule has 0 heterocycles. The molecule has 23 heavy (non-hydrogen) atoms. The third-order valence-electron chi connectivity index (χ3n) is 3.75. The van der Waals surface area contributed by atoms with Crippen molar-refractivity contribution in [3.63, 3.8) is 0 Å². The van der Waals surface area contributed by atoms with Crippen molar-refractivity contribution in [2.45, 2.75) is 19.1 Å². The van der Waals surface area contributed by atoms with Crippen LogP contribution < -0.4 is 14.8 Å². The van der Waals surface area contributed by atoms with Gasteiger partial charge in [0.15, 0.2) is 0 Å². The molecule has 2 unspecified atom stereocenters. The van der Waals surface area contributed by atoms with Crippen LogP contribution in [0, 0.1) is 0 Å². The number of rotatable bonds is 7. The van der Waals surface area contributed by atoms with Crippen LogP contribution >= 0.6 is 11.6 Å². The van der Waals surface area contributed by atoms with Gasteiger partial charge in [0.25, 0.3) is 0 Å². The summed E-state index contributed by atoms with van der Waals surface area (Å²) in [6.07, 6.45) is -0.627. The number of halogens is 1. The Morgan fingerprint density at radius 1 is 1.13 bits per heavy atom. The molecule has 0 saturated heterocycles. The van der Waals surface area contributed by atoms with Gasteiger partial charge in [-0.15, -0.1) is 0 Å². The number of methoxy groups -OCH3 is 2. The molecular formula is C18H22ClNO3. The standard InChI is InChI=1S/C18H22ClNO3/c1-12(16-10-14(19)7-8-18(16)23-3)20-11-17(21)13-5-4-6-15(9-13)22-2/h4-10,12,17,20-21H,11H2,1-3H3. The van der Waals surface area contributed by atoms with E-state index >= 15 is 0 Å². The van der Waals surface area contributed by atoms with Gasteiger partial charge in [0.2, 0.25) is 0 Å². The first-order chi connectivity index (χ1) is 11.0. The molecule has 4 nitrogen and oxygen atoms in total. The smallest absolute Gasteiger partial charge is 0.123 e. The van der Waals surface area contributed by atoms with E-state index < -0.39 is 6.10 Å². The fourth-order valence-electron chi connectivity index (χ4n) is 2.41. The van der Waals surface area contributed by atoms with Crippen LogP contribution in [-0.4, -0.2) is 25.9 Å². The molecule has 0 saturated carbocycles. The average Bonchev–Trinajstić information content (AvgIpc) is 2.59. The third-order valence-corrected chi connectivity index (χ3v) is 3.99. The highest BCUT2D eigenvalue weighted by molar-refractivity contribution is 6.30. The summed E-state index contributed by atoms with van der Waals surface area (Å²) in [4.78, 5) is 0. The van der Waals surface area contributed by atoms with Crippen molar-refractivity contribution in [1.29, 1.82) is 0 Å². The van der Waals surface area contributed by atoms with Crippen LogP contribution in [0.4, 0.5) is 0 Å². The minimum atomic E-state index is -0.627. The minimum absolute atomic E-state index is 0.0103. The predicted octanol–water partition coefficient (Wildman–Crippen LogP) is 3.74. The van der Waals surface area contributed by atoms with Gasteiger partial charge in [0.1, 0.15) is 11.5 Å². The molecule has 0 bridgehead atoms. The molecule has 5 heteroatoms. The highest BCUT2D eigenvalue weighted by Gasteiger charge is 2.14. The van der Waals surface area contributed by atoms with Gasteiger partial charge in [-0.05, 0) is 42.8 Å². The summed E-state index contributed by atoms with van der Waals surface area (Å²) in [7, 11) is 3.24. The first kappa shape index (κ1) is 17.6. The van der Waals surface area contributed by atoms with Crippen molar-refractivity contribution >= 4 is 11.6 Å².